The quantitative estimate of drug-likeness (QED) is 0.552. The van der Waals surface area contributed by atoms with Crippen molar-refractivity contribution in [3.05, 3.63) is 65.5 Å². The summed E-state index contributed by atoms with van der Waals surface area (Å²) >= 11 is 0. The maximum absolute atomic E-state index is 5.74. The van der Waals surface area contributed by atoms with E-state index in [1.165, 1.54) is 0 Å². The van der Waals surface area contributed by atoms with E-state index in [0.29, 0.717) is 6.54 Å². The van der Waals surface area contributed by atoms with Gasteiger partial charge in [-0.05, 0) is 40.7 Å². The zero-order valence-electron chi connectivity index (χ0n) is 18.4. The molecule has 1 aliphatic heterocycles. The van der Waals surface area contributed by atoms with Gasteiger partial charge in [-0.1, -0.05) is 37.3 Å². The summed E-state index contributed by atoms with van der Waals surface area (Å²) in [6.45, 7) is 7.76. The molecule has 4 rings (SSSR count). The van der Waals surface area contributed by atoms with E-state index >= 15 is 0 Å². The van der Waals surface area contributed by atoms with Crippen LogP contribution in [0, 0.1) is 0 Å². The van der Waals surface area contributed by atoms with E-state index in [0.717, 1.165) is 61.2 Å². The molecule has 8 heteroatoms. The summed E-state index contributed by atoms with van der Waals surface area (Å²) in [5.41, 5.74) is 2.17. The summed E-state index contributed by atoms with van der Waals surface area (Å²) in [6.07, 6.45) is 0. The van der Waals surface area contributed by atoms with Crippen molar-refractivity contribution in [3.8, 4) is 11.5 Å². The number of hydrogen-bond donors (Lipinski definition) is 0. The first kappa shape index (κ1) is 21.3. The minimum atomic E-state index is -0.136. The summed E-state index contributed by atoms with van der Waals surface area (Å²) in [6, 6.07) is 16.0. The highest BCUT2D eigenvalue weighted by molar-refractivity contribution is 5.44. The van der Waals surface area contributed by atoms with E-state index in [9.17, 15) is 0 Å². The zero-order chi connectivity index (χ0) is 21.6. The third-order valence-corrected chi connectivity index (χ3v) is 5.93. The number of aromatic nitrogens is 4. The molecule has 8 nitrogen and oxygen atoms in total. The molecule has 0 bridgehead atoms. The summed E-state index contributed by atoms with van der Waals surface area (Å²) in [4.78, 5) is 4.90. The Labute approximate surface area is 183 Å². The van der Waals surface area contributed by atoms with Crippen molar-refractivity contribution in [2.24, 2.45) is 0 Å². The van der Waals surface area contributed by atoms with Gasteiger partial charge in [0.25, 0.3) is 0 Å². The summed E-state index contributed by atoms with van der Waals surface area (Å²) in [7, 11) is 3.38. The van der Waals surface area contributed by atoms with Crippen molar-refractivity contribution < 1.29 is 9.47 Å². The van der Waals surface area contributed by atoms with E-state index in [-0.39, 0.29) is 6.04 Å². The number of hydrogen-bond acceptors (Lipinski definition) is 7. The number of ether oxygens (including phenoxy) is 2. The lowest BCUT2D eigenvalue weighted by Gasteiger charge is -2.38. The highest BCUT2D eigenvalue weighted by atomic mass is 16.5. The van der Waals surface area contributed by atoms with Gasteiger partial charge >= 0.3 is 0 Å². The van der Waals surface area contributed by atoms with Gasteiger partial charge in [0.2, 0.25) is 0 Å². The molecule has 2 aromatic carbocycles. The van der Waals surface area contributed by atoms with Crippen LogP contribution in [-0.2, 0) is 6.54 Å². The third kappa shape index (κ3) is 4.70. The largest absolute Gasteiger partial charge is 0.497 e. The molecule has 1 fully saturated rings. The fourth-order valence-electron chi connectivity index (χ4n) is 4.17. The van der Waals surface area contributed by atoms with Crippen molar-refractivity contribution in [3.63, 3.8) is 0 Å². The van der Waals surface area contributed by atoms with Crippen molar-refractivity contribution in [1.82, 2.24) is 30.0 Å². The maximum atomic E-state index is 5.74. The second-order valence-electron chi connectivity index (χ2n) is 7.66. The number of nitrogens with zero attached hydrogens (tertiary/aromatic N) is 6. The molecule has 3 aromatic rings. The Bertz CT molecular complexity index is 969. The molecule has 1 aliphatic rings. The Kier molecular flexibility index (Phi) is 6.79. The Morgan fingerprint density at radius 1 is 0.968 bits per heavy atom. The smallest absolute Gasteiger partial charge is 0.173 e. The van der Waals surface area contributed by atoms with Crippen LogP contribution < -0.4 is 9.47 Å². The van der Waals surface area contributed by atoms with Crippen molar-refractivity contribution >= 4 is 0 Å². The predicted molar refractivity (Wildman–Crippen MR) is 118 cm³/mol. The first-order valence-corrected chi connectivity index (χ1v) is 10.7. The van der Waals surface area contributed by atoms with Crippen LogP contribution >= 0.6 is 0 Å². The lowest BCUT2D eigenvalue weighted by Crippen LogP contribution is -2.48. The van der Waals surface area contributed by atoms with Crippen LogP contribution in [0.5, 0.6) is 11.5 Å². The van der Waals surface area contributed by atoms with E-state index in [1.807, 2.05) is 41.1 Å². The minimum absolute atomic E-state index is 0.136. The van der Waals surface area contributed by atoms with Crippen LogP contribution in [0.15, 0.2) is 48.5 Å². The summed E-state index contributed by atoms with van der Waals surface area (Å²) in [5, 5.41) is 12.9. The fourth-order valence-corrected chi connectivity index (χ4v) is 4.17. The molecule has 0 saturated carbocycles. The normalized spacial score (nSPS) is 16.2. The molecule has 0 N–H and O–H groups in total. The Morgan fingerprint density at radius 3 is 2.42 bits per heavy atom. The fraction of sp³-hybridized carbons (Fsp3) is 0.435. The molecule has 1 aromatic heterocycles. The summed E-state index contributed by atoms with van der Waals surface area (Å²) in [5.74, 6) is 2.40. The number of rotatable bonds is 8. The van der Waals surface area contributed by atoms with Gasteiger partial charge in [-0.15, -0.1) is 5.10 Å². The van der Waals surface area contributed by atoms with Crippen LogP contribution in [0.2, 0.25) is 0 Å². The SMILES string of the molecule is CCN1CCN([C@H](c2cc(OC)ccc2OC)c2nnnn2Cc2ccccc2)CC1. The third-order valence-electron chi connectivity index (χ3n) is 5.93. The van der Waals surface area contributed by atoms with Crippen molar-refractivity contribution in [2.45, 2.75) is 19.5 Å². The average molecular weight is 423 g/mol. The van der Waals surface area contributed by atoms with Gasteiger partial charge < -0.3 is 14.4 Å². The monoisotopic (exact) mass is 422 g/mol. The Morgan fingerprint density at radius 2 is 1.74 bits per heavy atom. The van der Waals surface area contributed by atoms with Crippen LogP contribution in [-0.4, -0.2) is 77.0 Å². The number of methoxy groups -OCH3 is 2. The van der Waals surface area contributed by atoms with E-state index in [1.54, 1.807) is 14.2 Å². The maximum Gasteiger partial charge on any atom is 0.173 e. The van der Waals surface area contributed by atoms with Gasteiger partial charge in [0.1, 0.15) is 17.5 Å². The number of benzene rings is 2. The van der Waals surface area contributed by atoms with E-state index < -0.39 is 0 Å². The number of piperazine rings is 1. The average Bonchev–Trinajstić information content (AvgIpc) is 3.27. The molecule has 0 aliphatic carbocycles. The highest BCUT2D eigenvalue weighted by Gasteiger charge is 2.32. The zero-order valence-corrected chi connectivity index (χ0v) is 18.4. The molecule has 164 valence electrons. The standard InChI is InChI=1S/C23H30N6O2/c1-4-27-12-14-28(15-13-27)22(20-16-19(30-2)10-11-21(20)31-3)23-24-25-26-29(23)17-18-8-6-5-7-9-18/h5-11,16,22H,4,12-15,17H2,1-3H3/t22-/m1/s1. The first-order valence-electron chi connectivity index (χ1n) is 10.7. The van der Waals surface area contributed by atoms with Crippen molar-refractivity contribution in [1.29, 1.82) is 0 Å². The lowest BCUT2D eigenvalue weighted by atomic mass is 10.0. The van der Waals surface area contributed by atoms with Gasteiger partial charge in [-0.3, -0.25) is 4.90 Å². The van der Waals surface area contributed by atoms with Crippen molar-refractivity contribution in [2.75, 3.05) is 46.9 Å². The number of likely N-dealkylation sites (N-methyl/N-ethyl adjacent to an activating group) is 1. The van der Waals surface area contributed by atoms with Gasteiger partial charge in [0, 0.05) is 31.7 Å². The molecule has 0 spiro atoms. The second kappa shape index (κ2) is 9.89. The van der Waals surface area contributed by atoms with Crippen LogP contribution in [0.3, 0.4) is 0 Å². The Hall–Kier alpha value is -2.97. The number of tetrazole rings is 1. The molecule has 1 saturated heterocycles. The molecule has 31 heavy (non-hydrogen) atoms. The first-order chi connectivity index (χ1) is 15.2. The molecule has 1 atom stereocenters. The predicted octanol–water partition coefficient (Wildman–Crippen LogP) is 2.47. The molecule has 0 radical (unpaired) electrons. The molecular formula is C23H30N6O2. The highest BCUT2D eigenvalue weighted by Crippen LogP contribution is 2.36. The van der Waals surface area contributed by atoms with Gasteiger partial charge in [-0.2, -0.15) is 0 Å². The lowest BCUT2D eigenvalue weighted by molar-refractivity contribution is 0.107. The topological polar surface area (TPSA) is 68.5 Å². The molecule has 2 heterocycles. The molecular weight excluding hydrogens is 392 g/mol. The molecule has 0 amide bonds. The molecule has 0 unspecified atom stereocenters. The van der Waals surface area contributed by atoms with E-state index in [2.05, 4.69) is 44.4 Å². The minimum Gasteiger partial charge on any atom is -0.497 e. The van der Waals surface area contributed by atoms with E-state index in [4.69, 9.17) is 9.47 Å². The summed E-state index contributed by atoms with van der Waals surface area (Å²) < 4.78 is 13.2. The van der Waals surface area contributed by atoms with Crippen LogP contribution in [0.4, 0.5) is 0 Å². The van der Waals surface area contributed by atoms with Gasteiger partial charge in [0.15, 0.2) is 5.82 Å². The second-order valence-corrected chi connectivity index (χ2v) is 7.66. The van der Waals surface area contributed by atoms with Gasteiger partial charge in [0.05, 0.1) is 20.8 Å². The Balaban J connectivity index is 1.75. The van der Waals surface area contributed by atoms with Crippen LogP contribution in [0.1, 0.15) is 29.9 Å². The van der Waals surface area contributed by atoms with Gasteiger partial charge in [-0.25, -0.2) is 4.68 Å². The van der Waals surface area contributed by atoms with Crippen LogP contribution in [0.25, 0.3) is 0 Å².